The molecule has 1 saturated heterocycles. The fourth-order valence-corrected chi connectivity index (χ4v) is 4.06. The van der Waals surface area contributed by atoms with E-state index in [1.165, 1.54) is 0 Å². The van der Waals surface area contributed by atoms with Crippen LogP contribution in [0.15, 0.2) is 12.1 Å². The lowest BCUT2D eigenvalue weighted by Gasteiger charge is -2.30. The molecular formula is C20H25N3O4. The Morgan fingerprint density at radius 1 is 1.33 bits per heavy atom. The second kappa shape index (κ2) is 6.79. The highest BCUT2D eigenvalue weighted by Crippen LogP contribution is 2.41. The van der Waals surface area contributed by atoms with Gasteiger partial charge in [0.05, 0.1) is 12.1 Å². The summed E-state index contributed by atoms with van der Waals surface area (Å²) >= 11 is 0. The molecule has 4 rings (SSSR count). The molecule has 2 aromatic rings. The minimum atomic E-state index is -0.282. The van der Waals surface area contributed by atoms with E-state index < -0.39 is 0 Å². The molecule has 7 nitrogen and oxygen atoms in total. The van der Waals surface area contributed by atoms with Crippen molar-refractivity contribution in [2.75, 3.05) is 19.7 Å². The molecule has 27 heavy (non-hydrogen) atoms. The van der Waals surface area contributed by atoms with Crippen LogP contribution in [-0.4, -0.2) is 47.5 Å². The molecule has 2 amide bonds. The Kier molecular flexibility index (Phi) is 4.45. The number of ether oxygens (including phenoxy) is 2. The average Bonchev–Trinajstić information content (AvgIpc) is 3.24. The summed E-state index contributed by atoms with van der Waals surface area (Å²) in [6.45, 7) is 5.60. The fourth-order valence-electron chi connectivity index (χ4n) is 4.06. The summed E-state index contributed by atoms with van der Waals surface area (Å²) in [6.07, 6.45) is 2.16. The maximum atomic E-state index is 13.0. The number of amides is 2. The molecule has 3 heterocycles. The molecule has 0 saturated carbocycles. The Bertz CT molecular complexity index is 896. The lowest BCUT2D eigenvalue weighted by Crippen LogP contribution is -2.41. The molecule has 0 aliphatic carbocycles. The van der Waals surface area contributed by atoms with Crippen LogP contribution in [0.2, 0.25) is 0 Å². The second-order valence-corrected chi connectivity index (χ2v) is 7.37. The molecule has 2 aliphatic heterocycles. The first-order valence-corrected chi connectivity index (χ1v) is 9.54. The Hall–Kier alpha value is -2.70. The van der Waals surface area contributed by atoms with E-state index in [0.29, 0.717) is 38.2 Å². The van der Waals surface area contributed by atoms with Gasteiger partial charge in [0, 0.05) is 36.4 Å². The number of likely N-dealkylation sites (tertiary alicyclic amines) is 1. The third-order valence-corrected chi connectivity index (χ3v) is 5.45. The summed E-state index contributed by atoms with van der Waals surface area (Å²) in [4.78, 5) is 29.3. The van der Waals surface area contributed by atoms with Crippen molar-refractivity contribution >= 4 is 22.7 Å². The smallest absolute Gasteiger partial charge is 0.270 e. The number of nitrogens with zero attached hydrogens (tertiary/aromatic N) is 1. The second-order valence-electron chi connectivity index (χ2n) is 7.37. The van der Waals surface area contributed by atoms with Gasteiger partial charge in [0.2, 0.25) is 5.91 Å². The summed E-state index contributed by atoms with van der Waals surface area (Å²) in [6, 6.07) is 3.86. The summed E-state index contributed by atoms with van der Waals surface area (Å²) in [5.41, 5.74) is 7.81. The van der Waals surface area contributed by atoms with Crippen molar-refractivity contribution in [1.82, 2.24) is 9.88 Å². The van der Waals surface area contributed by atoms with Gasteiger partial charge in [-0.25, -0.2) is 0 Å². The highest BCUT2D eigenvalue weighted by atomic mass is 16.5. The Labute approximate surface area is 157 Å². The summed E-state index contributed by atoms with van der Waals surface area (Å²) < 4.78 is 11.8. The number of piperidine rings is 1. The molecule has 0 radical (unpaired) electrons. The van der Waals surface area contributed by atoms with E-state index >= 15 is 0 Å². The SMILES string of the molecule is CCOc1cc2c(c3[nH]c(C(=O)N4CCC(C(N)=O)CC4)cc13)OC(C)C2. The molecule has 0 bridgehead atoms. The standard InChI is InChI=1S/C20H25N3O4/c1-3-26-16-9-13-8-11(2)27-18(13)17-14(16)10-15(22-17)20(25)23-6-4-12(5-7-23)19(21)24/h9-12,22H,3-8H2,1-2H3,(H2,21,24). The molecule has 7 heteroatoms. The van der Waals surface area contributed by atoms with Crippen LogP contribution in [0.4, 0.5) is 0 Å². The minimum absolute atomic E-state index is 0.0728. The van der Waals surface area contributed by atoms with Crippen molar-refractivity contribution in [2.45, 2.75) is 39.2 Å². The Morgan fingerprint density at radius 3 is 2.74 bits per heavy atom. The lowest BCUT2D eigenvalue weighted by atomic mass is 9.96. The zero-order chi connectivity index (χ0) is 19.1. The first-order valence-electron chi connectivity index (χ1n) is 9.54. The maximum absolute atomic E-state index is 13.0. The van der Waals surface area contributed by atoms with Crippen LogP contribution >= 0.6 is 0 Å². The fraction of sp³-hybridized carbons (Fsp3) is 0.500. The van der Waals surface area contributed by atoms with Gasteiger partial charge in [0.1, 0.15) is 23.3 Å². The molecule has 144 valence electrons. The topological polar surface area (TPSA) is 97.7 Å². The summed E-state index contributed by atoms with van der Waals surface area (Å²) in [5, 5.41) is 0.861. The zero-order valence-corrected chi connectivity index (χ0v) is 15.7. The number of nitrogens with two attached hydrogens (primary N) is 1. The summed E-state index contributed by atoms with van der Waals surface area (Å²) in [7, 11) is 0. The number of aromatic amines is 1. The van der Waals surface area contributed by atoms with Crippen LogP contribution in [0.5, 0.6) is 11.5 Å². The van der Waals surface area contributed by atoms with Crippen molar-refractivity contribution in [3.63, 3.8) is 0 Å². The average molecular weight is 371 g/mol. The largest absolute Gasteiger partial charge is 0.493 e. The predicted octanol–water partition coefficient (Wildman–Crippen LogP) is 2.23. The van der Waals surface area contributed by atoms with Gasteiger partial charge in [-0.05, 0) is 38.8 Å². The van der Waals surface area contributed by atoms with Gasteiger partial charge in [-0.15, -0.1) is 0 Å². The minimum Gasteiger partial charge on any atom is -0.493 e. The number of benzene rings is 1. The third-order valence-electron chi connectivity index (χ3n) is 5.45. The van der Waals surface area contributed by atoms with Crippen molar-refractivity contribution in [1.29, 1.82) is 0 Å². The first-order chi connectivity index (χ1) is 13.0. The van der Waals surface area contributed by atoms with E-state index in [2.05, 4.69) is 4.98 Å². The number of carbonyl (C=O) groups is 2. The van der Waals surface area contributed by atoms with E-state index in [1.54, 1.807) is 4.90 Å². The molecule has 1 atom stereocenters. The Morgan fingerprint density at radius 2 is 2.07 bits per heavy atom. The number of rotatable bonds is 4. The van der Waals surface area contributed by atoms with Gasteiger partial charge < -0.3 is 25.1 Å². The molecule has 1 aromatic heterocycles. The van der Waals surface area contributed by atoms with Crippen LogP contribution in [0.1, 0.15) is 42.7 Å². The highest BCUT2D eigenvalue weighted by Gasteiger charge is 2.29. The number of carbonyl (C=O) groups excluding carboxylic acids is 2. The molecule has 3 N–H and O–H groups in total. The van der Waals surface area contributed by atoms with Gasteiger partial charge in [-0.2, -0.15) is 0 Å². The molecule has 0 spiro atoms. The molecule has 2 aliphatic rings. The lowest BCUT2D eigenvalue weighted by molar-refractivity contribution is -0.123. The number of aromatic nitrogens is 1. The quantitative estimate of drug-likeness (QED) is 0.861. The van der Waals surface area contributed by atoms with Gasteiger partial charge in [-0.1, -0.05) is 0 Å². The molecule has 1 unspecified atom stereocenters. The number of primary amides is 1. The highest BCUT2D eigenvalue weighted by molar-refractivity contribution is 6.02. The van der Waals surface area contributed by atoms with Crippen LogP contribution in [0.3, 0.4) is 0 Å². The van der Waals surface area contributed by atoms with Gasteiger partial charge >= 0.3 is 0 Å². The van der Waals surface area contributed by atoms with Gasteiger partial charge in [0.15, 0.2) is 0 Å². The van der Waals surface area contributed by atoms with Gasteiger partial charge in [-0.3, -0.25) is 9.59 Å². The van der Waals surface area contributed by atoms with Crippen LogP contribution in [0, 0.1) is 5.92 Å². The number of nitrogens with one attached hydrogen (secondary N) is 1. The predicted molar refractivity (Wildman–Crippen MR) is 101 cm³/mol. The van der Waals surface area contributed by atoms with Crippen molar-refractivity contribution in [3.05, 3.63) is 23.4 Å². The van der Waals surface area contributed by atoms with Gasteiger partial charge in [0.25, 0.3) is 5.91 Å². The molecule has 1 fully saturated rings. The zero-order valence-electron chi connectivity index (χ0n) is 15.7. The first kappa shape index (κ1) is 17.7. The van der Waals surface area contributed by atoms with Crippen molar-refractivity contribution < 1.29 is 19.1 Å². The van der Waals surface area contributed by atoms with E-state index in [1.807, 2.05) is 26.0 Å². The number of hydrogen-bond donors (Lipinski definition) is 2. The number of fused-ring (bicyclic) bond motifs is 3. The van der Waals surface area contributed by atoms with Crippen LogP contribution in [0.25, 0.3) is 10.9 Å². The van der Waals surface area contributed by atoms with Crippen LogP contribution in [-0.2, 0) is 11.2 Å². The van der Waals surface area contributed by atoms with E-state index in [4.69, 9.17) is 15.2 Å². The Balaban J connectivity index is 1.65. The van der Waals surface area contributed by atoms with E-state index in [-0.39, 0.29) is 23.8 Å². The van der Waals surface area contributed by atoms with Crippen molar-refractivity contribution in [3.8, 4) is 11.5 Å². The number of hydrogen-bond acceptors (Lipinski definition) is 4. The summed E-state index contributed by atoms with van der Waals surface area (Å²) in [5.74, 6) is 1.09. The van der Waals surface area contributed by atoms with Crippen molar-refractivity contribution in [2.24, 2.45) is 11.7 Å². The third kappa shape index (κ3) is 3.11. The van der Waals surface area contributed by atoms with E-state index in [0.717, 1.165) is 34.4 Å². The van der Waals surface area contributed by atoms with E-state index in [9.17, 15) is 9.59 Å². The number of H-pyrrole nitrogens is 1. The monoisotopic (exact) mass is 371 g/mol. The van der Waals surface area contributed by atoms with Crippen LogP contribution < -0.4 is 15.2 Å². The maximum Gasteiger partial charge on any atom is 0.270 e. The molecular weight excluding hydrogens is 346 g/mol. The normalized spacial score (nSPS) is 19.8. The molecule has 1 aromatic carbocycles.